The molecule has 1 saturated carbocycles. The molecule has 1 spiro atoms. The molecule has 0 bridgehead atoms. The molecule has 7 heteroatoms. The van der Waals surface area contributed by atoms with Gasteiger partial charge in [-0.2, -0.15) is 0 Å². The van der Waals surface area contributed by atoms with Crippen LogP contribution in [0.4, 0.5) is 0 Å². The molecule has 2 saturated heterocycles. The number of likely N-dealkylation sites (tertiary alicyclic amines) is 1. The molecule has 3 aliphatic heterocycles. The van der Waals surface area contributed by atoms with Crippen molar-refractivity contribution in [2.75, 3.05) is 19.6 Å². The summed E-state index contributed by atoms with van der Waals surface area (Å²) in [4.78, 5) is 37.0. The van der Waals surface area contributed by atoms with Crippen LogP contribution in [0, 0.1) is 5.92 Å². The van der Waals surface area contributed by atoms with Crippen LogP contribution < -0.4 is 5.32 Å². The Bertz CT molecular complexity index is 805. The van der Waals surface area contributed by atoms with E-state index in [4.69, 9.17) is 9.72 Å². The minimum atomic E-state index is -0.547. The molecule has 0 radical (unpaired) electrons. The number of rotatable bonds is 2. The zero-order valence-electron chi connectivity index (χ0n) is 17.0. The number of aromatic nitrogens is 2. The van der Waals surface area contributed by atoms with Gasteiger partial charge in [0.2, 0.25) is 5.91 Å². The van der Waals surface area contributed by atoms with Crippen LogP contribution in [0.15, 0.2) is 6.20 Å². The van der Waals surface area contributed by atoms with Crippen LogP contribution in [0.5, 0.6) is 0 Å². The summed E-state index contributed by atoms with van der Waals surface area (Å²) in [6.07, 6.45) is 9.98. The van der Waals surface area contributed by atoms with E-state index in [0.29, 0.717) is 6.54 Å². The summed E-state index contributed by atoms with van der Waals surface area (Å²) in [6, 6.07) is 0. The van der Waals surface area contributed by atoms with E-state index in [1.54, 1.807) is 0 Å². The van der Waals surface area contributed by atoms with Crippen molar-refractivity contribution < 1.29 is 14.3 Å². The smallest absolute Gasteiger partial charge is 0.307 e. The van der Waals surface area contributed by atoms with Crippen LogP contribution in [0.25, 0.3) is 0 Å². The van der Waals surface area contributed by atoms with Gasteiger partial charge in [0.05, 0.1) is 12.3 Å². The van der Waals surface area contributed by atoms with E-state index in [1.807, 2.05) is 11.1 Å². The van der Waals surface area contributed by atoms with Crippen molar-refractivity contribution in [3.05, 3.63) is 23.3 Å². The number of ether oxygens (including phenoxy) is 1. The number of piperidine rings is 1. The van der Waals surface area contributed by atoms with Crippen molar-refractivity contribution in [1.29, 1.82) is 0 Å². The van der Waals surface area contributed by atoms with Gasteiger partial charge >= 0.3 is 5.97 Å². The molecule has 5 rings (SSSR count). The second-order valence-corrected chi connectivity index (χ2v) is 9.11. The molecule has 0 aromatic carbocycles. The van der Waals surface area contributed by atoms with Crippen molar-refractivity contribution in [2.24, 2.45) is 5.92 Å². The highest BCUT2D eigenvalue weighted by molar-refractivity contribution is 5.88. The fraction of sp³-hybridized carbons (Fsp3) is 0.727. The molecule has 3 fully saturated rings. The lowest BCUT2D eigenvalue weighted by molar-refractivity contribution is -0.156. The lowest BCUT2D eigenvalue weighted by Crippen LogP contribution is -2.49. The number of carbonyl (C=O) groups is 2. The van der Waals surface area contributed by atoms with Crippen LogP contribution in [0.2, 0.25) is 0 Å². The monoisotopic (exact) mass is 398 g/mol. The number of fused-ring (bicyclic) bond motifs is 1. The first kappa shape index (κ1) is 19.0. The summed E-state index contributed by atoms with van der Waals surface area (Å²) in [5, 5.41) is 3.35. The topological polar surface area (TPSA) is 84.4 Å². The number of carbonyl (C=O) groups excluding carboxylic acids is 2. The van der Waals surface area contributed by atoms with Gasteiger partial charge in [0.1, 0.15) is 11.4 Å². The molecule has 1 aromatic heterocycles. The summed E-state index contributed by atoms with van der Waals surface area (Å²) in [5.41, 5.74) is 1.78. The van der Waals surface area contributed by atoms with E-state index in [1.165, 1.54) is 5.56 Å². The van der Waals surface area contributed by atoms with Gasteiger partial charge in [-0.15, -0.1) is 0 Å². The maximum Gasteiger partial charge on any atom is 0.307 e. The molecule has 4 aliphatic rings. The van der Waals surface area contributed by atoms with Crippen molar-refractivity contribution in [3.63, 3.8) is 0 Å². The molecule has 2 atom stereocenters. The summed E-state index contributed by atoms with van der Waals surface area (Å²) in [5.74, 6) is 0.627. The van der Waals surface area contributed by atoms with Crippen LogP contribution in [-0.4, -0.2) is 52.0 Å². The Kier molecular flexibility index (Phi) is 5.02. The highest BCUT2D eigenvalue weighted by Gasteiger charge is 2.54. The third-order valence-electron chi connectivity index (χ3n) is 7.25. The van der Waals surface area contributed by atoms with Crippen molar-refractivity contribution >= 4 is 11.9 Å². The predicted molar refractivity (Wildman–Crippen MR) is 106 cm³/mol. The van der Waals surface area contributed by atoms with Gasteiger partial charge in [-0.1, -0.05) is 6.42 Å². The van der Waals surface area contributed by atoms with Gasteiger partial charge in [-0.05, 0) is 38.5 Å². The number of amides is 1. The maximum absolute atomic E-state index is 13.5. The summed E-state index contributed by atoms with van der Waals surface area (Å²) < 4.78 is 5.77. The molecule has 1 N–H and O–H groups in total. The summed E-state index contributed by atoms with van der Waals surface area (Å²) in [6.45, 7) is 3.20. The quantitative estimate of drug-likeness (QED) is 0.768. The normalized spacial score (nSPS) is 28.8. The van der Waals surface area contributed by atoms with Gasteiger partial charge in [-0.25, -0.2) is 9.97 Å². The minimum absolute atomic E-state index is 0.101. The van der Waals surface area contributed by atoms with Gasteiger partial charge in [0, 0.05) is 56.0 Å². The second kappa shape index (κ2) is 7.67. The Labute approximate surface area is 171 Å². The Morgan fingerprint density at radius 3 is 2.97 bits per heavy atom. The molecular formula is C22H30N4O3. The van der Waals surface area contributed by atoms with Crippen molar-refractivity contribution in [1.82, 2.24) is 20.2 Å². The van der Waals surface area contributed by atoms with Crippen LogP contribution in [-0.2, 0) is 27.3 Å². The lowest BCUT2D eigenvalue weighted by atomic mass is 9.75. The molecule has 0 unspecified atom stereocenters. The molecule has 7 nitrogen and oxygen atoms in total. The SMILES string of the molecule is O=C1C[C@@H](C(=O)N2CCC[C@H](c3ncc4c(n3)CCNC4)C2)C2(CCCCC2)O1. The maximum atomic E-state index is 13.5. The van der Waals surface area contributed by atoms with E-state index in [-0.39, 0.29) is 30.1 Å². The average Bonchev–Trinajstić information content (AvgIpc) is 3.08. The highest BCUT2D eigenvalue weighted by Crippen LogP contribution is 2.45. The van der Waals surface area contributed by atoms with E-state index in [9.17, 15) is 9.59 Å². The van der Waals surface area contributed by atoms with E-state index in [0.717, 1.165) is 82.5 Å². The Balaban J connectivity index is 1.32. The largest absolute Gasteiger partial charge is 0.458 e. The van der Waals surface area contributed by atoms with Gasteiger partial charge in [0.15, 0.2) is 0 Å². The number of esters is 1. The Morgan fingerprint density at radius 2 is 2.10 bits per heavy atom. The zero-order chi connectivity index (χ0) is 19.8. The molecule has 1 aromatic rings. The fourth-order valence-corrected chi connectivity index (χ4v) is 5.66. The highest BCUT2D eigenvalue weighted by atomic mass is 16.6. The van der Waals surface area contributed by atoms with Crippen molar-refractivity contribution in [2.45, 2.75) is 75.9 Å². The number of nitrogens with zero attached hydrogens (tertiary/aromatic N) is 3. The molecule has 29 heavy (non-hydrogen) atoms. The average molecular weight is 399 g/mol. The van der Waals surface area contributed by atoms with Crippen LogP contribution >= 0.6 is 0 Å². The third-order valence-corrected chi connectivity index (χ3v) is 7.25. The minimum Gasteiger partial charge on any atom is -0.458 e. The standard InChI is InChI=1S/C22H30N4O3/c27-19-11-17(22(29-19)7-2-1-3-8-22)21(28)26-10-4-5-15(14-26)20-24-13-16-12-23-9-6-18(16)25-20/h13,15,17,23H,1-12,14H2/t15-,17-/m0/s1. The third kappa shape index (κ3) is 3.54. The van der Waals surface area contributed by atoms with E-state index in [2.05, 4.69) is 10.3 Å². The summed E-state index contributed by atoms with van der Waals surface area (Å²) >= 11 is 0. The van der Waals surface area contributed by atoms with Gasteiger partial charge in [-0.3, -0.25) is 9.59 Å². The molecule has 156 valence electrons. The first-order valence-electron chi connectivity index (χ1n) is 11.2. The fourth-order valence-electron chi connectivity index (χ4n) is 5.66. The predicted octanol–water partition coefficient (Wildman–Crippen LogP) is 2.09. The van der Waals surface area contributed by atoms with Crippen LogP contribution in [0.1, 0.15) is 74.4 Å². The summed E-state index contributed by atoms with van der Waals surface area (Å²) in [7, 11) is 0. The number of hydrogen-bond acceptors (Lipinski definition) is 6. The van der Waals surface area contributed by atoms with E-state index >= 15 is 0 Å². The number of hydrogen-bond donors (Lipinski definition) is 1. The first-order chi connectivity index (χ1) is 14.1. The Morgan fingerprint density at radius 1 is 1.24 bits per heavy atom. The molecule has 1 aliphatic carbocycles. The van der Waals surface area contributed by atoms with E-state index < -0.39 is 5.60 Å². The number of nitrogens with one attached hydrogen (secondary N) is 1. The first-order valence-corrected chi connectivity index (χ1v) is 11.2. The van der Waals surface area contributed by atoms with Gasteiger partial charge in [0.25, 0.3) is 0 Å². The molecular weight excluding hydrogens is 368 g/mol. The van der Waals surface area contributed by atoms with Crippen molar-refractivity contribution in [3.8, 4) is 0 Å². The molecule has 4 heterocycles. The van der Waals surface area contributed by atoms with Gasteiger partial charge < -0.3 is 15.0 Å². The zero-order valence-corrected chi connectivity index (χ0v) is 17.0. The lowest BCUT2D eigenvalue weighted by Gasteiger charge is -2.40. The van der Waals surface area contributed by atoms with Crippen LogP contribution in [0.3, 0.4) is 0 Å². The molecule has 1 amide bonds. The Hall–Kier alpha value is -2.02. The second-order valence-electron chi connectivity index (χ2n) is 9.11.